The molecule has 2 aliphatic heterocycles. The van der Waals surface area contributed by atoms with Crippen LogP contribution in [0.2, 0.25) is 0 Å². The highest BCUT2D eigenvalue weighted by Crippen LogP contribution is 2.26. The fraction of sp³-hybridized carbons (Fsp3) is 0.556. The molecule has 6 heteroatoms. The SMILES string of the molecule is Cc1ccc2oc(C(=O)N3C[C@@H](C)[C@@H](N4CCOCC4)C3)cc2n1. The van der Waals surface area contributed by atoms with Crippen molar-refractivity contribution in [1.82, 2.24) is 14.8 Å². The van der Waals surface area contributed by atoms with Crippen LogP contribution in [0.1, 0.15) is 23.2 Å². The lowest BCUT2D eigenvalue weighted by Crippen LogP contribution is -2.47. The summed E-state index contributed by atoms with van der Waals surface area (Å²) in [5.74, 6) is 0.808. The summed E-state index contributed by atoms with van der Waals surface area (Å²) in [6.45, 7) is 9.14. The molecular formula is C18H23N3O3. The quantitative estimate of drug-likeness (QED) is 0.842. The van der Waals surface area contributed by atoms with Gasteiger partial charge in [0.05, 0.1) is 13.2 Å². The summed E-state index contributed by atoms with van der Waals surface area (Å²) < 4.78 is 11.2. The van der Waals surface area contributed by atoms with E-state index in [9.17, 15) is 4.79 Å². The van der Waals surface area contributed by atoms with Gasteiger partial charge in [-0.25, -0.2) is 4.98 Å². The maximum absolute atomic E-state index is 12.8. The molecule has 2 aromatic heterocycles. The zero-order chi connectivity index (χ0) is 16.7. The van der Waals surface area contributed by atoms with Gasteiger partial charge < -0.3 is 14.1 Å². The van der Waals surface area contributed by atoms with Gasteiger partial charge in [-0.2, -0.15) is 0 Å². The Kier molecular flexibility index (Phi) is 4.02. The Morgan fingerprint density at radius 3 is 2.83 bits per heavy atom. The molecule has 0 aliphatic carbocycles. The van der Waals surface area contributed by atoms with E-state index >= 15 is 0 Å². The molecule has 0 unspecified atom stereocenters. The van der Waals surface area contributed by atoms with Crippen LogP contribution in [-0.4, -0.2) is 66.1 Å². The van der Waals surface area contributed by atoms with Crippen molar-refractivity contribution in [3.63, 3.8) is 0 Å². The number of hydrogen-bond acceptors (Lipinski definition) is 5. The number of ether oxygens (including phenoxy) is 1. The maximum atomic E-state index is 12.8. The summed E-state index contributed by atoms with van der Waals surface area (Å²) in [5, 5.41) is 0. The smallest absolute Gasteiger partial charge is 0.289 e. The zero-order valence-corrected chi connectivity index (χ0v) is 14.2. The second-order valence-electron chi connectivity index (χ2n) is 6.85. The number of pyridine rings is 1. The number of hydrogen-bond donors (Lipinski definition) is 0. The molecule has 2 aromatic rings. The van der Waals surface area contributed by atoms with Gasteiger partial charge in [0.25, 0.3) is 5.91 Å². The third-order valence-corrected chi connectivity index (χ3v) is 5.10. The Morgan fingerprint density at radius 1 is 1.25 bits per heavy atom. The van der Waals surface area contributed by atoms with Crippen molar-refractivity contribution < 1.29 is 13.9 Å². The van der Waals surface area contributed by atoms with E-state index in [1.807, 2.05) is 24.0 Å². The van der Waals surface area contributed by atoms with Gasteiger partial charge in [-0.15, -0.1) is 0 Å². The molecule has 0 saturated carbocycles. The molecule has 0 radical (unpaired) electrons. The first-order valence-corrected chi connectivity index (χ1v) is 8.60. The molecule has 2 atom stereocenters. The van der Waals surface area contributed by atoms with Crippen LogP contribution in [0.25, 0.3) is 11.1 Å². The summed E-state index contributed by atoms with van der Waals surface area (Å²) in [6.07, 6.45) is 0. The topological polar surface area (TPSA) is 58.8 Å². The molecule has 4 heterocycles. The lowest BCUT2D eigenvalue weighted by atomic mass is 10.0. The summed E-state index contributed by atoms with van der Waals surface area (Å²) >= 11 is 0. The minimum absolute atomic E-state index is 0.0340. The van der Waals surface area contributed by atoms with E-state index < -0.39 is 0 Å². The van der Waals surface area contributed by atoms with Crippen molar-refractivity contribution in [3.05, 3.63) is 29.7 Å². The number of likely N-dealkylation sites (tertiary alicyclic amines) is 1. The Bertz CT molecular complexity index is 751. The predicted molar refractivity (Wildman–Crippen MR) is 90.0 cm³/mol. The average Bonchev–Trinajstić information content (AvgIpc) is 3.18. The van der Waals surface area contributed by atoms with E-state index in [1.165, 1.54) is 0 Å². The van der Waals surface area contributed by atoms with Crippen LogP contribution in [0.5, 0.6) is 0 Å². The Labute approximate surface area is 141 Å². The molecular weight excluding hydrogens is 306 g/mol. The number of morpholine rings is 1. The fourth-order valence-corrected chi connectivity index (χ4v) is 3.79. The van der Waals surface area contributed by atoms with Crippen LogP contribution < -0.4 is 0 Å². The van der Waals surface area contributed by atoms with E-state index in [0.717, 1.165) is 50.6 Å². The Balaban J connectivity index is 1.51. The van der Waals surface area contributed by atoms with E-state index in [-0.39, 0.29) is 5.91 Å². The maximum Gasteiger partial charge on any atom is 0.289 e. The van der Waals surface area contributed by atoms with E-state index in [0.29, 0.717) is 23.3 Å². The fourth-order valence-electron chi connectivity index (χ4n) is 3.79. The standard InChI is InChI=1S/C18H23N3O3/c1-12-10-21(11-15(12)20-5-7-23-8-6-20)18(22)17-9-14-16(24-17)4-3-13(2)19-14/h3-4,9,12,15H,5-8,10-11H2,1-2H3/t12-,15+/m1/s1. The average molecular weight is 329 g/mol. The van der Waals surface area contributed by atoms with Crippen molar-refractivity contribution in [3.8, 4) is 0 Å². The van der Waals surface area contributed by atoms with Crippen molar-refractivity contribution in [1.29, 1.82) is 0 Å². The van der Waals surface area contributed by atoms with Gasteiger partial charge in [0.2, 0.25) is 0 Å². The summed E-state index contributed by atoms with van der Waals surface area (Å²) in [5.41, 5.74) is 2.33. The van der Waals surface area contributed by atoms with E-state index in [1.54, 1.807) is 6.07 Å². The minimum atomic E-state index is -0.0340. The number of fused-ring (bicyclic) bond motifs is 1. The second kappa shape index (κ2) is 6.18. The van der Waals surface area contributed by atoms with Crippen LogP contribution in [0, 0.1) is 12.8 Å². The highest BCUT2D eigenvalue weighted by atomic mass is 16.5. The van der Waals surface area contributed by atoms with Gasteiger partial charge in [-0.3, -0.25) is 9.69 Å². The third-order valence-electron chi connectivity index (χ3n) is 5.10. The first-order chi connectivity index (χ1) is 11.6. The van der Waals surface area contributed by atoms with Gasteiger partial charge >= 0.3 is 0 Å². The second-order valence-corrected chi connectivity index (χ2v) is 6.85. The summed E-state index contributed by atoms with van der Waals surface area (Å²) in [6, 6.07) is 5.93. The number of carbonyl (C=O) groups excluding carboxylic acids is 1. The molecule has 0 aromatic carbocycles. The van der Waals surface area contributed by atoms with Gasteiger partial charge in [0, 0.05) is 44.0 Å². The van der Waals surface area contributed by atoms with Crippen molar-refractivity contribution >= 4 is 17.0 Å². The molecule has 128 valence electrons. The molecule has 1 amide bonds. The molecule has 0 bridgehead atoms. The zero-order valence-electron chi connectivity index (χ0n) is 14.2. The van der Waals surface area contributed by atoms with Gasteiger partial charge in [0.1, 0.15) is 5.52 Å². The van der Waals surface area contributed by atoms with Crippen LogP contribution in [-0.2, 0) is 4.74 Å². The van der Waals surface area contributed by atoms with Gasteiger partial charge in [0.15, 0.2) is 11.3 Å². The highest BCUT2D eigenvalue weighted by molar-refractivity contribution is 5.95. The van der Waals surface area contributed by atoms with Crippen LogP contribution in [0.3, 0.4) is 0 Å². The Hall–Kier alpha value is -1.92. The molecule has 0 spiro atoms. The predicted octanol–water partition coefficient (Wildman–Crippen LogP) is 1.93. The van der Waals surface area contributed by atoms with Crippen LogP contribution >= 0.6 is 0 Å². The summed E-state index contributed by atoms with van der Waals surface area (Å²) in [4.78, 5) is 21.6. The molecule has 2 aliphatic rings. The van der Waals surface area contributed by atoms with Gasteiger partial charge in [-0.1, -0.05) is 6.92 Å². The Morgan fingerprint density at radius 2 is 2.04 bits per heavy atom. The summed E-state index contributed by atoms with van der Waals surface area (Å²) in [7, 11) is 0. The molecule has 2 fully saturated rings. The third kappa shape index (κ3) is 2.80. The van der Waals surface area contributed by atoms with E-state index in [4.69, 9.17) is 9.15 Å². The number of carbonyl (C=O) groups is 1. The van der Waals surface area contributed by atoms with Crippen molar-refractivity contribution in [2.24, 2.45) is 5.92 Å². The first kappa shape index (κ1) is 15.6. The lowest BCUT2D eigenvalue weighted by Gasteiger charge is -2.33. The van der Waals surface area contributed by atoms with Crippen LogP contribution in [0.4, 0.5) is 0 Å². The largest absolute Gasteiger partial charge is 0.449 e. The molecule has 6 nitrogen and oxygen atoms in total. The number of rotatable bonds is 2. The monoisotopic (exact) mass is 329 g/mol. The van der Waals surface area contributed by atoms with Crippen molar-refractivity contribution in [2.75, 3.05) is 39.4 Å². The van der Waals surface area contributed by atoms with Gasteiger partial charge in [-0.05, 0) is 25.0 Å². The first-order valence-electron chi connectivity index (χ1n) is 8.60. The number of aromatic nitrogens is 1. The molecule has 24 heavy (non-hydrogen) atoms. The minimum Gasteiger partial charge on any atom is -0.449 e. The lowest BCUT2D eigenvalue weighted by molar-refractivity contribution is 0.0119. The van der Waals surface area contributed by atoms with Crippen molar-refractivity contribution in [2.45, 2.75) is 19.9 Å². The number of furan rings is 1. The number of amides is 1. The van der Waals surface area contributed by atoms with Crippen LogP contribution in [0.15, 0.2) is 22.6 Å². The molecule has 0 N–H and O–H groups in total. The molecule has 4 rings (SSSR count). The molecule has 2 saturated heterocycles. The highest BCUT2D eigenvalue weighted by Gasteiger charge is 2.37. The normalized spacial score (nSPS) is 25.5. The van der Waals surface area contributed by atoms with E-state index in [2.05, 4.69) is 16.8 Å². The number of aryl methyl sites for hydroxylation is 1. The number of nitrogens with zero attached hydrogens (tertiary/aromatic N) is 3.